The van der Waals surface area contributed by atoms with Crippen LogP contribution in [0.25, 0.3) is 0 Å². The van der Waals surface area contributed by atoms with Gasteiger partial charge < -0.3 is 15.9 Å². The molecule has 4 N–H and O–H groups in total. The molecule has 96 valence electrons. The molecule has 6 heteroatoms. The first-order valence-corrected chi connectivity index (χ1v) is 6.46. The van der Waals surface area contributed by atoms with Crippen molar-refractivity contribution in [1.29, 1.82) is 0 Å². The van der Waals surface area contributed by atoms with E-state index in [-0.39, 0.29) is 17.5 Å². The molecule has 0 fully saturated rings. The van der Waals surface area contributed by atoms with E-state index in [4.69, 9.17) is 5.73 Å². The number of ketones is 1. The van der Waals surface area contributed by atoms with Gasteiger partial charge in [-0.25, -0.2) is 0 Å². The van der Waals surface area contributed by atoms with E-state index in [1.807, 2.05) is 6.92 Å². The number of nitrogens with two attached hydrogens (primary N) is 1. The van der Waals surface area contributed by atoms with E-state index in [1.165, 1.54) is 29.3 Å². The molecule has 0 aliphatic carbocycles. The van der Waals surface area contributed by atoms with Gasteiger partial charge in [-0.3, -0.25) is 9.36 Å². The second-order valence-corrected chi connectivity index (χ2v) is 4.93. The summed E-state index contributed by atoms with van der Waals surface area (Å²) in [7, 11) is 0. The summed E-state index contributed by atoms with van der Waals surface area (Å²) in [6, 6.07) is 0.943. The Morgan fingerprint density at radius 3 is 2.76 bits per heavy atom. The molecule has 0 saturated carbocycles. The number of Topliss-reactive ketones (excluding diaryl/α,β-unsaturated/α-hetero) is 1. The van der Waals surface area contributed by atoms with Crippen molar-refractivity contribution < 1.29 is 15.0 Å². The highest BCUT2D eigenvalue weighted by Gasteiger charge is 2.16. The van der Waals surface area contributed by atoms with Gasteiger partial charge in [-0.05, 0) is 13.3 Å². The van der Waals surface area contributed by atoms with Gasteiger partial charge >= 0.3 is 0 Å². The first-order chi connectivity index (χ1) is 7.97. The zero-order chi connectivity index (χ0) is 13.0. The van der Waals surface area contributed by atoms with E-state index in [1.54, 1.807) is 0 Å². The van der Waals surface area contributed by atoms with Gasteiger partial charge in [0.2, 0.25) is 5.88 Å². The lowest BCUT2D eigenvalue weighted by molar-refractivity contribution is -0.117. The Morgan fingerprint density at radius 2 is 2.24 bits per heavy atom. The van der Waals surface area contributed by atoms with Crippen molar-refractivity contribution in [3.63, 3.8) is 0 Å². The van der Waals surface area contributed by atoms with Crippen LogP contribution in [0.1, 0.15) is 20.3 Å². The first kappa shape index (κ1) is 13.9. The minimum atomic E-state index is -0.545. The summed E-state index contributed by atoms with van der Waals surface area (Å²) in [6.45, 7) is 3.94. The van der Waals surface area contributed by atoms with Gasteiger partial charge in [0.25, 0.3) is 0 Å². The lowest BCUT2D eigenvalue weighted by Crippen LogP contribution is -2.30. The largest absolute Gasteiger partial charge is 0.494 e. The van der Waals surface area contributed by atoms with Crippen LogP contribution in [0.2, 0.25) is 0 Å². The van der Waals surface area contributed by atoms with Crippen LogP contribution in [0.5, 0.6) is 11.8 Å². The maximum Gasteiger partial charge on any atom is 0.208 e. The summed E-state index contributed by atoms with van der Waals surface area (Å²) in [6.07, 6.45) is 0.812. The van der Waals surface area contributed by atoms with Gasteiger partial charge in [-0.1, -0.05) is 6.92 Å². The Morgan fingerprint density at radius 1 is 1.59 bits per heavy atom. The monoisotopic (exact) mass is 258 g/mol. The highest BCUT2D eigenvalue weighted by atomic mass is 32.2. The number of carbonyl (C=O) groups excluding carboxylic acids is 1. The average Bonchev–Trinajstić information content (AvgIpc) is 2.53. The molecule has 0 saturated heterocycles. The predicted octanol–water partition coefficient (Wildman–Crippen LogP) is 1.32. The van der Waals surface area contributed by atoms with Crippen molar-refractivity contribution in [3.8, 4) is 11.8 Å². The lowest BCUT2D eigenvalue weighted by atomic mass is 10.3. The zero-order valence-corrected chi connectivity index (χ0v) is 10.8. The molecule has 0 bridgehead atoms. The van der Waals surface area contributed by atoms with Crippen LogP contribution >= 0.6 is 11.8 Å². The molecule has 1 unspecified atom stereocenters. The summed E-state index contributed by atoms with van der Waals surface area (Å²) in [5.74, 6) is 0.362. The third-order valence-electron chi connectivity index (χ3n) is 2.40. The van der Waals surface area contributed by atoms with Gasteiger partial charge in [0.1, 0.15) is 5.78 Å². The summed E-state index contributed by atoms with van der Waals surface area (Å²) in [5, 5.41) is 19.5. The molecule has 1 atom stereocenters. The van der Waals surface area contributed by atoms with Crippen LogP contribution in [0.3, 0.4) is 0 Å². The van der Waals surface area contributed by atoms with Crippen LogP contribution in [0.4, 0.5) is 0 Å². The van der Waals surface area contributed by atoms with Crippen molar-refractivity contribution in [2.75, 3.05) is 5.75 Å². The van der Waals surface area contributed by atoms with E-state index in [9.17, 15) is 15.0 Å². The second-order valence-electron chi connectivity index (χ2n) is 3.87. The fourth-order valence-corrected chi connectivity index (χ4v) is 2.37. The van der Waals surface area contributed by atoms with Crippen molar-refractivity contribution in [2.24, 2.45) is 5.73 Å². The molecule has 1 heterocycles. The molecule has 0 aromatic carbocycles. The molecule has 1 rings (SSSR count). The molecule has 1 aromatic heterocycles. The lowest BCUT2D eigenvalue weighted by Gasteiger charge is -2.07. The molecule has 0 aliphatic rings. The van der Waals surface area contributed by atoms with Crippen LogP contribution in [0.15, 0.2) is 11.0 Å². The maximum atomic E-state index is 11.0. The Balaban J connectivity index is 2.72. The molecule has 17 heavy (non-hydrogen) atoms. The number of aromatic hydroxyl groups is 2. The van der Waals surface area contributed by atoms with E-state index in [0.717, 1.165) is 6.42 Å². The molecule has 0 aliphatic heterocycles. The topological polar surface area (TPSA) is 88.5 Å². The number of aromatic nitrogens is 1. The number of thioether (sulfide) groups is 1. The Bertz CT molecular complexity index is 404. The molecule has 0 spiro atoms. The smallest absolute Gasteiger partial charge is 0.208 e. The molecular weight excluding hydrogens is 240 g/mol. The predicted molar refractivity (Wildman–Crippen MR) is 67.4 cm³/mol. The minimum Gasteiger partial charge on any atom is -0.494 e. The van der Waals surface area contributed by atoms with Gasteiger partial charge in [-0.2, -0.15) is 0 Å². The number of hydrogen-bond acceptors (Lipinski definition) is 5. The van der Waals surface area contributed by atoms with Gasteiger partial charge in [-0.15, -0.1) is 11.8 Å². The van der Waals surface area contributed by atoms with Crippen LogP contribution < -0.4 is 5.73 Å². The van der Waals surface area contributed by atoms with Gasteiger partial charge in [0, 0.05) is 18.4 Å². The van der Waals surface area contributed by atoms with Gasteiger partial charge in [0.05, 0.1) is 10.9 Å². The highest BCUT2D eigenvalue weighted by molar-refractivity contribution is 7.99. The van der Waals surface area contributed by atoms with E-state index >= 15 is 0 Å². The van der Waals surface area contributed by atoms with Crippen LogP contribution in [0, 0.1) is 0 Å². The zero-order valence-electron chi connectivity index (χ0n) is 10.0. The number of carbonyl (C=O) groups is 1. The Labute approximate surface area is 105 Å². The number of hydrogen-bond donors (Lipinski definition) is 3. The summed E-state index contributed by atoms with van der Waals surface area (Å²) in [4.78, 5) is 11.5. The fourth-order valence-electron chi connectivity index (χ4n) is 1.35. The number of nitrogens with zero attached hydrogens (tertiary/aromatic N) is 1. The summed E-state index contributed by atoms with van der Waals surface area (Å²) in [5.41, 5.74) is 5.60. The summed E-state index contributed by atoms with van der Waals surface area (Å²) < 4.78 is 1.43. The maximum absolute atomic E-state index is 11.0. The van der Waals surface area contributed by atoms with Crippen molar-refractivity contribution in [2.45, 2.75) is 37.8 Å². The molecule has 0 radical (unpaired) electrons. The SMILES string of the molecule is CCCn1c(O)cc(SCC(N)C(C)=O)c1O. The molecule has 1 aromatic rings. The van der Waals surface area contributed by atoms with Gasteiger partial charge in [0.15, 0.2) is 5.88 Å². The summed E-state index contributed by atoms with van der Waals surface area (Å²) >= 11 is 1.27. The number of rotatable bonds is 6. The molecule has 0 amide bonds. The normalized spacial score (nSPS) is 12.6. The standard InChI is InChI=1S/C11H18N2O3S/c1-3-4-13-10(15)5-9(11(13)16)17-6-8(12)7(2)14/h5,8,15-16H,3-4,6,12H2,1-2H3. The highest BCUT2D eigenvalue weighted by Crippen LogP contribution is 2.35. The third-order valence-corrected chi connectivity index (χ3v) is 3.54. The van der Waals surface area contributed by atoms with Crippen molar-refractivity contribution in [1.82, 2.24) is 4.57 Å². The molecular formula is C11H18N2O3S. The van der Waals surface area contributed by atoms with E-state index in [0.29, 0.717) is 17.2 Å². The Kier molecular flexibility index (Phi) is 4.89. The quantitative estimate of drug-likeness (QED) is 0.670. The van der Waals surface area contributed by atoms with E-state index in [2.05, 4.69) is 0 Å². The van der Waals surface area contributed by atoms with Crippen LogP contribution in [-0.2, 0) is 11.3 Å². The third kappa shape index (κ3) is 3.41. The minimum absolute atomic E-state index is 0.0308. The van der Waals surface area contributed by atoms with Crippen LogP contribution in [-0.4, -0.2) is 32.4 Å². The first-order valence-electron chi connectivity index (χ1n) is 5.47. The average molecular weight is 258 g/mol. The molecule has 5 nitrogen and oxygen atoms in total. The van der Waals surface area contributed by atoms with E-state index < -0.39 is 6.04 Å². The fraction of sp³-hybridized carbons (Fsp3) is 0.545. The Hall–Kier alpha value is -1.14. The second kappa shape index (κ2) is 5.97. The van der Waals surface area contributed by atoms with Crippen molar-refractivity contribution >= 4 is 17.5 Å². The van der Waals surface area contributed by atoms with Crippen molar-refractivity contribution in [3.05, 3.63) is 6.07 Å².